The third-order valence-corrected chi connectivity index (χ3v) is 5.99. The van der Waals surface area contributed by atoms with Gasteiger partial charge in [0.05, 0.1) is 16.6 Å². The van der Waals surface area contributed by atoms with Crippen molar-refractivity contribution in [1.82, 2.24) is 9.55 Å². The first-order valence-electron chi connectivity index (χ1n) is 10.0. The zero-order valence-corrected chi connectivity index (χ0v) is 19.1. The van der Waals surface area contributed by atoms with Crippen LogP contribution in [0.2, 0.25) is 0 Å². The summed E-state index contributed by atoms with van der Waals surface area (Å²) in [5.41, 5.74) is 3.70. The molecule has 5 aromatic rings. The smallest absolute Gasteiger partial charge is 0.266 e. The van der Waals surface area contributed by atoms with Gasteiger partial charge in [0.2, 0.25) is 0 Å². The van der Waals surface area contributed by atoms with E-state index in [0.717, 1.165) is 25.6 Å². The molecule has 0 aliphatic heterocycles. The summed E-state index contributed by atoms with van der Waals surface area (Å²) in [6.45, 7) is 2.07. The molecule has 0 N–H and O–H groups in total. The van der Waals surface area contributed by atoms with Gasteiger partial charge < -0.3 is 0 Å². The van der Waals surface area contributed by atoms with Crippen molar-refractivity contribution in [3.63, 3.8) is 0 Å². The maximum Gasteiger partial charge on any atom is 0.266 e. The Morgan fingerprint density at radius 1 is 0.839 bits per heavy atom. The summed E-state index contributed by atoms with van der Waals surface area (Å²) in [5, 5.41) is 2.84. The van der Waals surface area contributed by atoms with Gasteiger partial charge in [-0.2, -0.15) is 0 Å². The van der Waals surface area contributed by atoms with Crippen molar-refractivity contribution in [3.8, 4) is 5.69 Å². The highest BCUT2D eigenvalue weighted by Crippen LogP contribution is 2.21. The van der Waals surface area contributed by atoms with Crippen molar-refractivity contribution in [1.29, 1.82) is 0 Å². The van der Waals surface area contributed by atoms with E-state index >= 15 is 0 Å². The van der Waals surface area contributed by atoms with Crippen molar-refractivity contribution in [2.45, 2.75) is 6.92 Å². The largest absolute Gasteiger partial charge is 0.268 e. The van der Waals surface area contributed by atoms with E-state index in [1.54, 1.807) is 4.57 Å². The fraction of sp³-hybridized carbons (Fsp3) is 0.0370. The summed E-state index contributed by atoms with van der Waals surface area (Å²) in [4.78, 5) is 18.4. The van der Waals surface area contributed by atoms with Crippen LogP contribution in [0.1, 0.15) is 17.0 Å². The van der Waals surface area contributed by atoms with Crippen molar-refractivity contribution < 1.29 is 0 Å². The Balaban J connectivity index is 1.76. The van der Waals surface area contributed by atoms with E-state index in [0.29, 0.717) is 16.7 Å². The van der Waals surface area contributed by atoms with Gasteiger partial charge in [-0.3, -0.25) is 9.36 Å². The lowest BCUT2D eigenvalue weighted by Crippen LogP contribution is -2.22. The van der Waals surface area contributed by atoms with Gasteiger partial charge in [-0.1, -0.05) is 66.2 Å². The molecule has 0 radical (unpaired) electrons. The molecule has 0 saturated heterocycles. The Morgan fingerprint density at radius 2 is 1.68 bits per heavy atom. The molecule has 31 heavy (non-hydrogen) atoms. The maximum atomic E-state index is 13.6. The molecular weight excluding hydrogens is 495 g/mol. The maximum absolute atomic E-state index is 13.6. The van der Waals surface area contributed by atoms with Crippen molar-refractivity contribution >= 4 is 56.4 Å². The van der Waals surface area contributed by atoms with Crippen LogP contribution in [0.15, 0.2) is 89.7 Å². The number of aryl methyl sites for hydroxylation is 1. The zero-order valence-electron chi connectivity index (χ0n) is 16.9. The predicted molar refractivity (Wildman–Crippen MR) is 138 cm³/mol. The van der Waals surface area contributed by atoms with E-state index in [-0.39, 0.29) is 5.56 Å². The molecule has 1 heterocycles. The first-order valence-corrected chi connectivity index (χ1v) is 11.1. The summed E-state index contributed by atoms with van der Waals surface area (Å²) < 4.78 is 2.72. The molecule has 4 aromatic carbocycles. The van der Waals surface area contributed by atoms with E-state index in [1.807, 2.05) is 72.8 Å². The van der Waals surface area contributed by atoms with Crippen LogP contribution in [0.4, 0.5) is 0 Å². The monoisotopic (exact) mass is 514 g/mol. The molecule has 150 valence electrons. The summed E-state index contributed by atoms with van der Waals surface area (Å²) in [7, 11) is 0. The Morgan fingerprint density at radius 3 is 2.52 bits per heavy atom. The summed E-state index contributed by atoms with van der Waals surface area (Å²) in [5.74, 6) is 0.607. The van der Waals surface area contributed by atoms with Crippen molar-refractivity contribution in [2.24, 2.45) is 0 Å². The van der Waals surface area contributed by atoms with Crippen LogP contribution < -0.4 is 5.56 Å². The molecular formula is C27H19IN2O. The molecule has 0 spiro atoms. The molecule has 0 saturated carbocycles. The first-order chi connectivity index (χ1) is 15.1. The highest BCUT2D eigenvalue weighted by atomic mass is 127. The van der Waals surface area contributed by atoms with Gasteiger partial charge in [-0.05, 0) is 82.3 Å². The van der Waals surface area contributed by atoms with Crippen LogP contribution in [-0.2, 0) is 0 Å². The van der Waals surface area contributed by atoms with E-state index in [2.05, 4.69) is 53.8 Å². The minimum atomic E-state index is -0.0670. The van der Waals surface area contributed by atoms with Crippen LogP contribution in [-0.4, -0.2) is 9.55 Å². The number of fused-ring (bicyclic) bond motifs is 2. The average Bonchev–Trinajstić information content (AvgIpc) is 2.78. The molecule has 0 aliphatic rings. The van der Waals surface area contributed by atoms with Crippen molar-refractivity contribution in [3.05, 3.63) is 116 Å². The van der Waals surface area contributed by atoms with Crippen LogP contribution in [0.25, 0.3) is 39.5 Å². The first kappa shape index (κ1) is 19.7. The summed E-state index contributed by atoms with van der Waals surface area (Å²) >= 11 is 2.23. The molecule has 4 heteroatoms. The fourth-order valence-electron chi connectivity index (χ4n) is 3.80. The van der Waals surface area contributed by atoms with Gasteiger partial charge in [-0.15, -0.1) is 0 Å². The second-order valence-electron chi connectivity index (χ2n) is 7.55. The van der Waals surface area contributed by atoms with E-state index in [1.165, 1.54) is 5.56 Å². The Kier molecular flexibility index (Phi) is 5.16. The lowest BCUT2D eigenvalue weighted by molar-refractivity contribution is 0.945. The minimum absolute atomic E-state index is 0.0670. The third kappa shape index (κ3) is 3.91. The number of aromatic nitrogens is 2. The van der Waals surface area contributed by atoms with Gasteiger partial charge in [-0.25, -0.2) is 4.98 Å². The number of hydrogen-bond donors (Lipinski definition) is 0. The topological polar surface area (TPSA) is 34.9 Å². The van der Waals surface area contributed by atoms with Crippen molar-refractivity contribution in [2.75, 3.05) is 0 Å². The summed E-state index contributed by atoms with van der Waals surface area (Å²) in [6.07, 6.45) is 3.92. The van der Waals surface area contributed by atoms with E-state index in [4.69, 9.17) is 4.98 Å². The molecule has 0 aliphatic carbocycles. The van der Waals surface area contributed by atoms with Gasteiger partial charge in [0.1, 0.15) is 5.82 Å². The Labute approximate surface area is 193 Å². The number of halogens is 1. The molecule has 0 amide bonds. The van der Waals surface area contributed by atoms with Crippen LogP contribution in [0, 0.1) is 10.5 Å². The second kappa shape index (κ2) is 8.12. The van der Waals surface area contributed by atoms with Gasteiger partial charge in [0.15, 0.2) is 0 Å². The van der Waals surface area contributed by atoms with Crippen LogP contribution in [0.5, 0.6) is 0 Å². The normalized spacial score (nSPS) is 11.5. The predicted octanol–water partition coefficient (Wildman–Crippen LogP) is 6.62. The third-order valence-electron chi connectivity index (χ3n) is 5.31. The second-order valence-corrected chi connectivity index (χ2v) is 8.80. The quantitative estimate of drug-likeness (QED) is 0.254. The zero-order chi connectivity index (χ0) is 21.4. The highest BCUT2D eigenvalue weighted by molar-refractivity contribution is 14.1. The lowest BCUT2D eigenvalue weighted by Gasteiger charge is -2.12. The number of nitrogens with zero attached hydrogens (tertiary/aromatic N) is 2. The lowest BCUT2D eigenvalue weighted by atomic mass is 10.1. The fourth-order valence-corrected chi connectivity index (χ4v) is 4.29. The van der Waals surface area contributed by atoms with Crippen LogP contribution >= 0.6 is 22.6 Å². The van der Waals surface area contributed by atoms with Gasteiger partial charge in [0.25, 0.3) is 5.56 Å². The standard InChI is InChI=1S/C27H19IN2O/c1-18-5-4-6-19(15-18)9-14-26-29-25-13-11-22(28)17-24(25)27(31)30(26)23-12-10-20-7-2-3-8-21(20)16-23/h2-17H,1H3. The molecule has 5 rings (SSSR count). The minimum Gasteiger partial charge on any atom is -0.268 e. The van der Waals surface area contributed by atoms with E-state index < -0.39 is 0 Å². The molecule has 0 fully saturated rings. The Hall–Kier alpha value is -3.25. The SMILES string of the molecule is Cc1cccc(C=Cc2nc3ccc(I)cc3c(=O)n2-c2ccc3ccccc3c2)c1. The van der Waals surface area contributed by atoms with E-state index in [9.17, 15) is 4.79 Å². The highest BCUT2D eigenvalue weighted by Gasteiger charge is 2.12. The molecule has 0 bridgehead atoms. The molecule has 1 aromatic heterocycles. The molecule has 0 unspecified atom stereocenters. The van der Waals surface area contributed by atoms with Gasteiger partial charge in [0, 0.05) is 3.57 Å². The number of benzene rings is 4. The molecule has 3 nitrogen and oxygen atoms in total. The van der Waals surface area contributed by atoms with Crippen LogP contribution in [0.3, 0.4) is 0 Å². The number of rotatable bonds is 3. The Bertz CT molecular complexity index is 1530. The summed E-state index contributed by atoms with van der Waals surface area (Å²) in [6, 6.07) is 28.3. The molecule has 0 atom stereocenters. The number of hydrogen-bond acceptors (Lipinski definition) is 2. The van der Waals surface area contributed by atoms with Gasteiger partial charge >= 0.3 is 0 Å². The average molecular weight is 514 g/mol.